The lowest BCUT2D eigenvalue weighted by Crippen LogP contribution is -2.49. The van der Waals surface area contributed by atoms with Gasteiger partial charge in [-0.1, -0.05) is 13.8 Å². The topological polar surface area (TPSA) is 54.5 Å². The fourth-order valence-corrected chi connectivity index (χ4v) is 3.99. The third kappa shape index (κ3) is 6.43. The predicted molar refractivity (Wildman–Crippen MR) is 118 cm³/mol. The summed E-state index contributed by atoms with van der Waals surface area (Å²) in [5.41, 5.74) is 3.14. The number of benzene rings is 1. The van der Waals surface area contributed by atoms with E-state index in [0.717, 1.165) is 0 Å². The van der Waals surface area contributed by atoms with Crippen molar-refractivity contribution in [3.8, 4) is 11.1 Å². The number of anilines is 1. The summed E-state index contributed by atoms with van der Waals surface area (Å²) in [4.78, 5) is 18.0. The summed E-state index contributed by atoms with van der Waals surface area (Å²) in [6.45, 7) is 7.17. The first-order chi connectivity index (χ1) is 15.4. The van der Waals surface area contributed by atoms with Crippen molar-refractivity contribution in [2.75, 3.05) is 24.6 Å². The van der Waals surface area contributed by atoms with Gasteiger partial charge in [-0.25, -0.2) is 4.39 Å². The van der Waals surface area contributed by atoms with Crippen LogP contribution in [0.15, 0.2) is 24.3 Å². The number of aromatic nitrogens is 1. The summed E-state index contributed by atoms with van der Waals surface area (Å²) >= 11 is 0. The van der Waals surface area contributed by atoms with Gasteiger partial charge in [-0.2, -0.15) is 13.2 Å². The van der Waals surface area contributed by atoms with E-state index in [1.807, 2.05) is 13.8 Å². The van der Waals surface area contributed by atoms with Gasteiger partial charge in [0.1, 0.15) is 5.82 Å². The van der Waals surface area contributed by atoms with Gasteiger partial charge in [0.2, 0.25) is 5.91 Å². The highest BCUT2D eigenvalue weighted by Gasteiger charge is 2.43. The van der Waals surface area contributed by atoms with Crippen molar-refractivity contribution in [1.82, 2.24) is 10.3 Å². The second-order valence-corrected chi connectivity index (χ2v) is 8.82. The Morgan fingerprint density at radius 3 is 2.48 bits per heavy atom. The Morgan fingerprint density at radius 1 is 1.21 bits per heavy atom. The van der Waals surface area contributed by atoms with Crippen molar-refractivity contribution in [3.63, 3.8) is 0 Å². The van der Waals surface area contributed by atoms with Crippen molar-refractivity contribution in [3.05, 3.63) is 47.0 Å². The van der Waals surface area contributed by atoms with Crippen LogP contribution in [-0.2, 0) is 16.1 Å². The third-order valence-electron chi connectivity index (χ3n) is 5.39. The fourth-order valence-electron chi connectivity index (χ4n) is 3.99. The van der Waals surface area contributed by atoms with E-state index < -0.39 is 24.6 Å². The summed E-state index contributed by atoms with van der Waals surface area (Å²) in [6, 6.07) is 6.40. The first-order valence-corrected chi connectivity index (χ1v) is 10.9. The van der Waals surface area contributed by atoms with E-state index in [-0.39, 0.29) is 31.5 Å². The van der Waals surface area contributed by atoms with Gasteiger partial charge in [0.15, 0.2) is 6.10 Å². The van der Waals surface area contributed by atoms with E-state index in [1.165, 1.54) is 11.0 Å². The molecule has 33 heavy (non-hydrogen) atoms. The van der Waals surface area contributed by atoms with Gasteiger partial charge in [-0.05, 0) is 55.2 Å². The number of hydrogen-bond donors (Lipinski definition) is 1. The number of aryl methyl sites for hydroxylation is 2. The molecule has 180 valence electrons. The average Bonchev–Trinajstić information content (AvgIpc) is 2.70. The highest BCUT2D eigenvalue weighted by molar-refractivity contribution is 5.77. The Labute approximate surface area is 191 Å². The van der Waals surface area contributed by atoms with Crippen LogP contribution >= 0.6 is 0 Å². The molecule has 1 aromatic heterocycles. The van der Waals surface area contributed by atoms with Crippen molar-refractivity contribution in [2.24, 2.45) is 5.92 Å². The van der Waals surface area contributed by atoms with E-state index in [9.17, 15) is 18.0 Å². The maximum Gasteiger partial charge on any atom is 0.416 e. The molecule has 1 aliphatic heterocycles. The molecule has 1 N–H and O–H groups in total. The number of amides is 1. The summed E-state index contributed by atoms with van der Waals surface area (Å²) in [5.74, 6) is -0.585. The zero-order valence-electron chi connectivity index (χ0n) is 19.2. The molecule has 2 heterocycles. The second-order valence-electron chi connectivity index (χ2n) is 8.82. The molecule has 1 aliphatic rings. The SMILES string of the molecule is Cc1cc(-c2c(F)cc(N3CCOC(C(F)(F)F)C3)cc2CNC(=O)CC(C)C)cc(C)n1. The van der Waals surface area contributed by atoms with Gasteiger partial charge < -0.3 is 15.0 Å². The highest BCUT2D eigenvalue weighted by Crippen LogP contribution is 2.34. The van der Waals surface area contributed by atoms with Crippen LogP contribution in [-0.4, -0.2) is 42.9 Å². The summed E-state index contributed by atoms with van der Waals surface area (Å²) in [7, 11) is 0. The van der Waals surface area contributed by atoms with Crippen molar-refractivity contribution in [2.45, 2.75) is 52.9 Å². The quantitative estimate of drug-likeness (QED) is 0.612. The summed E-state index contributed by atoms with van der Waals surface area (Å²) in [5, 5.41) is 2.82. The summed E-state index contributed by atoms with van der Waals surface area (Å²) < 4.78 is 59.9. The molecule has 3 rings (SSSR count). The molecule has 2 aromatic rings. The van der Waals surface area contributed by atoms with E-state index >= 15 is 4.39 Å². The lowest BCUT2D eigenvalue weighted by molar-refractivity contribution is -0.221. The number of rotatable bonds is 6. The van der Waals surface area contributed by atoms with E-state index in [2.05, 4.69) is 10.3 Å². The molecule has 0 bridgehead atoms. The number of hydrogen-bond acceptors (Lipinski definition) is 4. The molecule has 9 heteroatoms. The molecule has 5 nitrogen and oxygen atoms in total. The molecule has 0 radical (unpaired) electrons. The summed E-state index contributed by atoms with van der Waals surface area (Å²) in [6.07, 6.45) is -6.12. The Kier molecular flexibility index (Phi) is 7.62. The van der Waals surface area contributed by atoms with Gasteiger partial charge in [0, 0.05) is 42.1 Å². The Morgan fingerprint density at radius 2 is 1.88 bits per heavy atom. The first kappa shape index (κ1) is 25.0. The van der Waals surface area contributed by atoms with E-state index in [1.54, 1.807) is 32.0 Å². The number of alkyl halides is 3. The van der Waals surface area contributed by atoms with Gasteiger partial charge in [-0.3, -0.25) is 9.78 Å². The van der Waals surface area contributed by atoms with Crippen LogP contribution < -0.4 is 10.2 Å². The Hall–Kier alpha value is -2.68. The van der Waals surface area contributed by atoms with Gasteiger partial charge in [0.05, 0.1) is 13.2 Å². The number of nitrogens with one attached hydrogen (secondary N) is 1. The van der Waals surface area contributed by atoms with Crippen LogP contribution in [0.1, 0.15) is 37.2 Å². The monoisotopic (exact) mass is 467 g/mol. The van der Waals surface area contributed by atoms with Crippen LogP contribution in [0.25, 0.3) is 11.1 Å². The van der Waals surface area contributed by atoms with E-state index in [4.69, 9.17) is 4.74 Å². The smallest absolute Gasteiger partial charge is 0.366 e. The second kappa shape index (κ2) is 10.1. The molecule has 0 aliphatic carbocycles. The first-order valence-electron chi connectivity index (χ1n) is 10.9. The number of halogens is 4. The van der Waals surface area contributed by atoms with Crippen LogP contribution in [0.3, 0.4) is 0 Å². The lowest BCUT2D eigenvalue weighted by Gasteiger charge is -2.35. The van der Waals surface area contributed by atoms with E-state index in [0.29, 0.717) is 40.2 Å². The minimum Gasteiger partial charge on any atom is -0.366 e. The van der Waals surface area contributed by atoms with Crippen LogP contribution in [0.2, 0.25) is 0 Å². The fraction of sp³-hybridized carbons (Fsp3) is 0.500. The van der Waals surface area contributed by atoms with Gasteiger partial charge in [0.25, 0.3) is 0 Å². The predicted octanol–water partition coefficient (Wildman–Crippen LogP) is 4.93. The normalized spacial score (nSPS) is 16.9. The molecule has 1 saturated heterocycles. The molecule has 1 aromatic carbocycles. The van der Waals surface area contributed by atoms with Crippen LogP contribution in [0.5, 0.6) is 0 Å². The van der Waals surface area contributed by atoms with Gasteiger partial charge >= 0.3 is 6.18 Å². The average molecular weight is 468 g/mol. The molecule has 1 amide bonds. The molecule has 1 unspecified atom stereocenters. The number of morpholine rings is 1. The van der Waals surface area contributed by atoms with Gasteiger partial charge in [-0.15, -0.1) is 0 Å². The number of pyridine rings is 1. The maximum absolute atomic E-state index is 15.5. The maximum atomic E-state index is 15.5. The van der Waals surface area contributed by atoms with Crippen LogP contribution in [0, 0.1) is 25.6 Å². The zero-order chi connectivity index (χ0) is 24.3. The minimum atomic E-state index is -4.50. The van der Waals surface area contributed by atoms with Crippen molar-refractivity contribution >= 4 is 11.6 Å². The minimum absolute atomic E-state index is 0.0547. The zero-order valence-corrected chi connectivity index (χ0v) is 19.2. The number of nitrogens with zero attached hydrogens (tertiary/aromatic N) is 2. The number of carbonyl (C=O) groups excluding carboxylic acids is 1. The molecule has 0 saturated carbocycles. The largest absolute Gasteiger partial charge is 0.416 e. The van der Waals surface area contributed by atoms with Crippen LogP contribution in [0.4, 0.5) is 23.2 Å². The van der Waals surface area contributed by atoms with Crippen molar-refractivity contribution in [1.29, 1.82) is 0 Å². The van der Waals surface area contributed by atoms with Crippen molar-refractivity contribution < 1.29 is 27.1 Å². The molecular weight excluding hydrogens is 438 g/mol. The molecule has 0 spiro atoms. The lowest BCUT2D eigenvalue weighted by atomic mass is 9.97. The molecule has 1 atom stereocenters. The third-order valence-corrected chi connectivity index (χ3v) is 5.39. The highest BCUT2D eigenvalue weighted by atomic mass is 19.4. The standard InChI is InChI=1S/C24H29F4N3O2/c1-14(2)7-22(32)29-12-18-10-19(31-5-6-33-21(13-31)24(26,27)28)11-20(25)23(18)17-8-15(3)30-16(4)9-17/h8-11,14,21H,5-7,12-13H2,1-4H3,(H,29,32). The number of ether oxygens (including phenoxy) is 1. The Balaban J connectivity index is 2.00. The Bertz CT molecular complexity index is 988. The number of carbonyl (C=O) groups is 1. The molecular formula is C24H29F4N3O2. The molecule has 1 fully saturated rings.